The molecule has 1 aliphatic carbocycles. The Kier molecular flexibility index (Phi) is 3.04. The van der Waals surface area contributed by atoms with E-state index in [1.165, 1.54) is 0 Å². The van der Waals surface area contributed by atoms with Crippen LogP contribution >= 0.6 is 0 Å². The lowest BCUT2D eigenvalue weighted by atomic mass is 9.96. The fourth-order valence-electron chi connectivity index (χ4n) is 2.14. The quantitative estimate of drug-likeness (QED) is 0.891. The van der Waals surface area contributed by atoms with Crippen LogP contribution in [0.15, 0.2) is 29.2 Å². The number of hydrogen-bond donors (Lipinski definition) is 1. The second-order valence-electron chi connectivity index (χ2n) is 5.07. The van der Waals surface area contributed by atoms with Gasteiger partial charge in [-0.15, -0.1) is 0 Å². The summed E-state index contributed by atoms with van der Waals surface area (Å²) in [7, 11) is -3.22. The van der Waals surface area contributed by atoms with Crippen molar-refractivity contribution in [1.29, 1.82) is 0 Å². The van der Waals surface area contributed by atoms with Crippen LogP contribution in [0, 0.1) is 0 Å². The van der Waals surface area contributed by atoms with Crippen LogP contribution in [-0.2, 0) is 15.3 Å². The summed E-state index contributed by atoms with van der Waals surface area (Å²) in [6, 6.07) is 7.30. The van der Waals surface area contributed by atoms with Gasteiger partial charge in [0.05, 0.1) is 10.1 Å². The van der Waals surface area contributed by atoms with E-state index in [2.05, 4.69) is 0 Å². The molecule has 2 N–H and O–H groups in total. The maximum Gasteiger partial charge on any atom is 0.180 e. The molecule has 1 fully saturated rings. The van der Waals surface area contributed by atoms with Gasteiger partial charge in [-0.05, 0) is 38.3 Å². The summed E-state index contributed by atoms with van der Waals surface area (Å²) >= 11 is 0. The van der Waals surface area contributed by atoms with Gasteiger partial charge in [-0.25, -0.2) is 8.42 Å². The lowest BCUT2D eigenvalue weighted by Gasteiger charge is -2.19. The molecule has 0 bridgehead atoms. The lowest BCUT2D eigenvalue weighted by molar-refractivity contribution is 0.582. The first-order chi connectivity index (χ1) is 7.94. The minimum Gasteiger partial charge on any atom is -0.330 e. The van der Waals surface area contributed by atoms with Crippen molar-refractivity contribution in [2.75, 3.05) is 6.54 Å². The van der Waals surface area contributed by atoms with E-state index in [0.717, 1.165) is 18.4 Å². The standard InChI is InChI=1S/C13H19NO2S/c1-10(2)17(15,16)12-6-4-3-5-11(12)13(9-14)7-8-13/h3-6,10H,7-9,14H2,1-2H3. The Balaban J connectivity index is 2.57. The van der Waals surface area contributed by atoms with Gasteiger partial charge in [-0.2, -0.15) is 0 Å². The maximum absolute atomic E-state index is 12.3. The molecule has 17 heavy (non-hydrogen) atoms. The SMILES string of the molecule is CC(C)S(=O)(=O)c1ccccc1C1(CN)CC1. The van der Waals surface area contributed by atoms with E-state index >= 15 is 0 Å². The van der Waals surface area contributed by atoms with Crippen LogP contribution in [0.25, 0.3) is 0 Å². The van der Waals surface area contributed by atoms with Gasteiger partial charge >= 0.3 is 0 Å². The lowest BCUT2D eigenvalue weighted by Crippen LogP contribution is -2.24. The van der Waals surface area contributed by atoms with Gasteiger partial charge in [-0.1, -0.05) is 18.2 Å². The van der Waals surface area contributed by atoms with Gasteiger partial charge in [0.1, 0.15) is 0 Å². The van der Waals surface area contributed by atoms with Crippen LogP contribution in [0.3, 0.4) is 0 Å². The molecule has 0 aromatic heterocycles. The summed E-state index contributed by atoms with van der Waals surface area (Å²) in [5.41, 5.74) is 6.62. The minimum absolute atomic E-state index is 0.0848. The first-order valence-corrected chi connectivity index (χ1v) is 7.52. The van der Waals surface area contributed by atoms with Crippen LogP contribution in [0.5, 0.6) is 0 Å². The fraction of sp³-hybridized carbons (Fsp3) is 0.538. The molecular weight excluding hydrogens is 234 g/mol. The molecule has 94 valence electrons. The highest BCUT2D eigenvalue weighted by Gasteiger charge is 2.45. The molecule has 0 unspecified atom stereocenters. The molecule has 2 rings (SSSR count). The number of hydrogen-bond acceptors (Lipinski definition) is 3. The third-order valence-corrected chi connectivity index (χ3v) is 5.84. The van der Waals surface area contributed by atoms with Gasteiger partial charge in [0.25, 0.3) is 0 Å². The van der Waals surface area contributed by atoms with E-state index in [0.29, 0.717) is 11.4 Å². The first kappa shape index (κ1) is 12.6. The van der Waals surface area contributed by atoms with Crippen molar-refractivity contribution >= 4 is 9.84 Å². The zero-order valence-electron chi connectivity index (χ0n) is 10.3. The van der Waals surface area contributed by atoms with Crippen molar-refractivity contribution in [1.82, 2.24) is 0 Å². The highest BCUT2D eigenvalue weighted by atomic mass is 32.2. The molecule has 4 heteroatoms. The predicted molar refractivity (Wildman–Crippen MR) is 68.7 cm³/mol. The van der Waals surface area contributed by atoms with Crippen molar-refractivity contribution in [2.24, 2.45) is 5.73 Å². The third-order valence-electron chi connectivity index (χ3n) is 3.63. The molecule has 0 amide bonds. The number of sulfone groups is 1. The van der Waals surface area contributed by atoms with Gasteiger partial charge in [-0.3, -0.25) is 0 Å². The zero-order chi connectivity index (χ0) is 12.7. The van der Waals surface area contributed by atoms with E-state index in [4.69, 9.17) is 5.73 Å². The molecule has 1 saturated carbocycles. The molecule has 0 spiro atoms. The van der Waals surface area contributed by atoms with Gasteiger partial charge in [0.2, 0.25) is 0 Å². The minimum atomic E-state index is -3.22. The van der Waals surface area contributed by atoms with E-state index in [-0.39, 0.29) is 5.41 Å². The second-order valence-corrected chi connectivity index (χ2v) is 7.55. The van der Waals surface area contributed by atoms with Crippen molar-refractivity contribution in [3.8, 4) is 0 Å². The molecule has 3 nitrogen and oxygen atoms in total. The second kappa shape index (κ2) is 4.10. The van der Waals surface area contributed by atoms with Crippen LogP contribution < -0.4 is 5.73 Å². The average Bonchev–Trinajstić information content (AvgIpc) is 3.09. The van der Waals surface area contributed by atoms with Crippen molar-refractivity contribution in [2.45, 2.75) is 42.2 Å². The van der Waals surface area contributed by atoms with E-state index in [1.807, 2.05) is 12.1 Å². The smallest absolute Gasteiger partial charge is 0.180 e. The third kappa shape index (κ3) is 2.00. The summed E-state index contributed by atoms with van der Waals surface area (Å²) < 4.78 is 24.6. The molecule has 1 aliphatic rings. The Labute approximate surface area is 103 Å². The van der Waals surface area contributed by atoms with Gasteiger partial charge in [0.15, 0.2) is 9.84 Å². The number of nitrogens with two attached hydrogens (primary N) is 1. The van der Waals surface area contributed by atoms with Crippen LogP contribution in [0.4, 0.5) is 0 Å². The zero-order valence-corrected chi connectivity index (χ0v) is 11.1. The first-order valence-electron chi connectivity index (χ1n) is 5.97. The molecular formula is C13H19NO2S. The highest BCUT2D eigenvalue weighted by molar-refractivity contribution is 7.92. The molecule has 0 radical (unpaired) electrons. The van der Waals surface area contributed by atoms with Crippen molar-refractivity contribution in [3.63, 3.8) is 0 Å². The molecule has 0 saturated heterocycles. The van der Waals surface area contributed by atoms with E-state index < -0.39 is 15.1 Å². The summed E-state index contributed by atoms with van der Waals surface area (Å²) in [5, 5.41) is -0.391. The van der Waals surface area contributed by atoms with Crippen LogP contribution in [0.1, 0.15) is 32.3 Å². The Hall–Kier alpha value is -0.870. The maximum atomic E-state index is 12.3. The molecule has 1 aromatic rings. The largest absolute Gasteiger partial charge is 0.330 e. The predicted octanol–water partition coefficient (Wildman–Crippen LogP) is 1.86. The Morgan fingerprint density at radius 2 is 1.88 bits per heavy atom. The summed E-state index contributed by atoms with van der Waals surface area (Å²) in [6.45, 7) is 3.96. The average molecular weight is 253 g/mol. The Morgan fingerprint density at radius 3 is 2.35 bits per heavy atom. The van der Waals surface area contributed by atoms with Crippen LogP contribution in [0.2, 0.25) is 0 Å². The van der Waals surface area contributed by atoms with E-state index in [9.17, 15) is 8.42 Å². The molecule has 0 heterocycles. The fourth-order valence-corrected chi connectivity index (χ4v) is 3.51. The number of rotatable bonds is 4. The molecule has 0 aliphatic heterocycles. The summed E-state index contributed by atoms with van der Waals surface area (Å²) in [5.74, 6) is 0. The van der Waals surface area contributed by atoms with Crippen molar-refractivity contribution < 1.29 is 8.42 Å². The molecule has 1 aromatic carbocycles. The van der Waals surface area contributed by atoms with Gasteiger partial charge in [0, 0.05) is 12.0 Å². The summed E-state index contributed by atoms with van der Waals surface area (Å²) in [6.07, 6.45) is 1.99. The summed E-state index contributed by atoms with van der Waals surface area (Å²) in [4.78, 5) is 0.470. The van der Waals surface area contributed by atoms with E-state index in [1.54, 1.807) is 26.0 Å². The number of benzene rings is 1. The van der Waals surface area contributed by atoms with Gasteiger partial charge < -0.3 is 5.73 Å². The highest BCUT2D eigenvalue weighted by Crippen LogP contribution is 2.49. The monoisotopic (exact) mass is 253 g/mol. The molecule has 0 atom stereocenters. The Morgan fingerprint density at radius 1 is 1.29 bits per heavy atom. The Bertz CT molecular complexity index is 516. The van der Waals surface area contributed by atoms with Crippen molar-refractivity contribution in [3.05, 3.63) is 29.8 Å². The van der Waals surface area contributed by atoms with Crippen LogP contribution in [-0.4, -0.2) is 20.2 Å². The topological polar surface area (TPSA) is 60.2 Å². The normalized spacial score (nSPS) is 18.4.